The van der Waals surface area contributed by atoms with Crippen molar-refractivity contribution in [2.75, 3.05) is 0 Å². The molecule has 0 heterocycles. The highest BCUT2D eigenvalue weighted by Crippen LogP contribution is 2.46. The summed E-state index contributed by atoms with van der Waals surface area (Å²) in [5.74, 6) is 4.64. The fourth-order valence-corrected chi connectivity index (χ4v) is 7.20. The topological polar surface area (TPSA) is 18.5 Å². The van der Waals surface area contributed by atoms with Gasteiger partial charge in [0.25, 0.3) is 0 Å². The molecule has 6 aromatic carbocycles. The van der Waals surface area contributed by atoms with E-state index in [2.05, 4.69) is 181 Å². The molecular weight excluding hydrogens is 645 g/mol. The minimum atomic E-state index is 0.407. The van der Waals surface area contributed by atoms with Gasteiger partial charge >= 0.3 is 0 Å². The standard InChI is InChI=1S/C33H36O.C18H22O/c1-20(2)27-18-31(29-11-9-21(3)14-25(29)7)33(34-28-16-23(5)13-24(6)17-28)32(19-27)30-12-10-22(4)15-26(30)8;1-12(2)16-6-8-17(9-7-16)19-18-14(4)10-13(3)11-15(18)5/h9-20H,1-8H3;6-12H,1-5H3. The molecule has 0 bridgehead atoms. The van der Waals surface area contributed by atoms with Crippen LogP contribution in [0.2, 0.25) is 0 Å². The van der Waals surface area contributed by atoms with Crippen LogP contribution >= 0.6 is 0 Å². The van der Waals surface area contributed by atoms with Gasteiger partial charge in [0, 0.05) is 11.1 Å². The van der Waals surface area contributed by atoms with E-state index in [0.717, 1.165) is 34.1 Å². The summed E-state index contributed by atoms with van der Waals surface area (Å²) in [6.45, 7) is 28.2. The highest BCUT2D eigenvalue weighted by atomic mass is 16.5. The van der Waals surface area contributed by atoms with Gasteiger partial charge < -0.3 is 9.47 Å². The average Bonchev–Trinajstić information content (AvgIpc) is 3.07. The van der Waals surface area contributed by atoms with Crippen molar-refractivity contribution < 1.29 is 9.47 Å². The van der Waals surface area contributed by atoms with E-state index in [1.165, 1.54) is 72.3 Å². The number of hydrogen-bond acceptors (Lipinski definition) is 2. The Hall–Kier alpha value is -5.08. The molecule has 0 unspecified atom stereocenters. The summed E-state index contributed by atoms with van der Waals surface area (Å²) in [5.41, 5.74) is 18.5. The van der Waals surface area contributed by atoms with Crippen molar-refractivity contribution >= 4 is 0 Å². The maximum absolute atomic E-state index is 6.82. The highest BCUT2D eigenvalue weighted by molar-refractivity contribution is 5.86. The molecule has 0 amide bonds. The summed E-state index contributed by atoms with van der Waals surface area (Å²) in [4.78, 5) is 0. The van der Waals surface area contributed by atoms with Gasteiger partial charge in [0.2, 0.25) is 0 Å². The van der Waals surface area contributed by atoms with E-state index in [-0.39, 0.29) is 0 Å². The summed E-state index contributed by atoms with van der Waals surface area (Å²) in [6.07, 6.45) is 0. The molecule has 0 N–H and O–H groups in total. The van der Waals surface area contributed by atoms with E-state index in [1.54, 1.807) is 0 Å². The number of aryl methyl sites for hydroxylation is 9. The molecule has 0 saturated heterocycles. The summed E-state index contributed by atoms with van der Waals surface area (Å²) in [7, 11) is 0. The van der Waals surface area contributed by atoms with E-state index in [9.17, 15) is 0 Å². The predicted molar refractivity (Wildman–Crippen MR) is 228 cm³/mol. The van der Waals surface area contributed by atoms with Crippen LogP contribution < -0.4 is 9.47 Å². The van der Waals surface area contributed by atoms with E-state index in [4.69, 9.17) is 9.47 Å². The first kappa shape index (κ1) is 39.1. The maximum atomic E-state index is 6.82. The second kappa shape index (κ2) is 16.7. The van der Waals surface area contributed by atoms with Crippen LogP contribution in [0.25, 0.3) is 22.3 Å². The van der Waals surface area contributed by atoms with Crippen LogP contribution in [0.5, 0.6) is 23.0 Å². The van der Waals surface area contributed by atoms with Gasteiger partial charge in [-0.3, -0.25) is 0 Å². The van der Waals surface area contributed by atoms with Crippen molar-refractivity contribution in [2.45, 2.75) is 102 Å². The Morgan fingerprint density at radius 1 is 0.321 bits per heavy atom. The third-order valence-corrected chi connectivity index (χ3v) is 9.91. The molecule has 0 aliphatic heterocycles. The smallest absolute Gasteiger partial charge is 0.143 e. The second-order valence-electron chi connectivity index (χ2n) is 15.7. The quantitative estimate of drug-likeness (QED) is 0.157. The van der Waals surface area contributed by atoms with Crippen molar-refractivity contribution in [1.82, 2.24) is 0 Å². The van der Waals surface area contributed by atoms with Crippen LogP contribution in [-0.2, 0) is 0 Å². The van der Waals surface area contributed by atoms with Crippen LogP contribution in [0.4, 0.5) is 0 Å². The molecule has 6 aromatic rings. The molecule has 0 radical (unpaired) electrons. The first-order chi connectivity index (χ1) is 25.1. The van der Waals surface area contributed by atoms with Crippen LogP contribution in [0.15, 0.2) is 103 Å². The molecule has 53 heavy (non-hydrogen) atoms. The van der Waals surface area contributed by atoms with Gasteiger partial charge in [-0.2, -0.15) is 0 Å². The van der Waals surface area contributed by atoms with Gasteiger partial charge in [0.15, 0.2) is 0 Å². The molecule has 0 spiro atoms. The summed E-state index contributed by atoms with van der Waals surface area (Å²) < 4.78 is 12.8. The minimum Gasteiger partial charge on any atom is -0.457 e. The van der Waals surface area contributed by atoms with Gasteiger partial charge in [0.05, 0.1) is 0 Å². The molecule has 0 aliphatic carbocycles. The number of rotatable bonds is 8. The zero-order valence-electron chi connectivity index (χ0n) is 34.3. The zero-order valence-corrected chi connectivity index (χ0v) is 34.3. The molecule has 2 heteroatoms. The summed E-state index contributed by atoms with van der Waals surface area (Å²) in [5, 5.41) is 0. The number of ether oxygens (including phenoxy) is 2. The minimum absolute atomic E-state index is 0.407. The van der Waals surface area contributed by atoms with Crippen LogP contribution in [-0.4, -0.2) is 0 Å². The van der Waals surface area contributed by atoms with E-state index in [1.807, 2.05) is 12.1 Å². The predicted octanol–water partition coefficient (Wildman–Crippen LogP) is 15.3. The van der Waals surface area contributed by atoms with Crippen molar-refractivity contribution in [1.29, 1.82) is 0 Å². The third kappa shape index (κ3) is 9.68. The fraction of sp³-hybridized carbons (Fsp3) is 0.294. The van der Waals surface area contributed by atoms with Crippen molar-refractivity contribution in [3.63, 3.8) is 0 Å². The van der Waals surface area contributed by atoms with Gasteiger partial charge in [-0.25, -0.2) is 0 Å². The molecule has 0 atom stereocenters. The Kier molecular flexibility index (Phi) is 12.3. The highest BCUT2D eigenvalue weighted by Gasteiger charge is 2.20. The largest absolute Gasteiger partial charge is 0.457 e. The molecule has 6 rings (SSSR count). The first-order valence-electron chi connectivity index (χ1n) is 19.0. The lowest BCUT2D eigenvalue weighted by Crippen LogP contribution is -1.99. The molecule has 274 valence electrons. The molecule has 2 nitrogen and oxygen atoms in total. The van der Waals surface area contributed by atoms with E-state index >= 15 is 0 Å². The normalized spacial score (nSPS) is 11.1. The fourth-order valence-electron chi connectivity index (χ4n) is 7.20. The van der Waals surface area contributed by atoms with Crippen LogP contribution in [0.1, 0.15) is 101 Å². The Labute approximate surface area is 319 Å². The van der Waals surface area contributed by atoms with Gasteiger partial charge in [-0.1, -0.05) is 111 Å². The summed E-state index contributed by atoms with van der Waals surface area (Å²) >= 11 is 0. The Bertz CT molecular complexity index is 2100. The number of benzene rings is 6. The Morgan fingerprint density at radius 2 is 0.736 bits per heavy atom. The number of hydrogen-bond donors (Lipinski definition) is 0. The molecule has 0 fully saturated rings. The second-order valence-corrected chi connectivity index (χ2v) is 15.7. The third-order valence-electron chi connectivity index (χ3n) is 9.91. The van der Waals surface area contributed by atoms with E-state index in [0.29, 0.717) is 11.8 Å². The van der Waals surface area contributed by atoms with Crippen LogP contribution in [0.3, 0.4) is 0 Å². The van der Waals surface area contributed by atoms with Crippen molar-refractivity contribution in [2.24, 2.45) is 0 Å². The van der Waals surface area contributed by atoms with Crippen LogP contribution in [0, 0.1) is 62.3 Å². The van der Waals surface area contributed by atoms with Gasteiger partial charge in [0.1, 0.15) is 23.0 Å². The van der Waals surface area contributed by atoms with Gasteiger partial charge in [-0.15, -0.1) is 0 Å². The molecular formula is C51H58O2. The lowest BCUT2D eigenvalue weighted by molar-refractivity contribution is 0.474. The first-order valence-corrected chi connectivity index (χ1v) is 19.0. The Balaban J connectivity index is 0.000000241. The molecule has 0 saturated carbocycles. The molecule has 0 aromatic heterocycles. The zero-order chi connectivity index (χ0) is 38.6. The SMILES string of the molecule is Cc1cc(C)c(Oc2ccc(C(C)C)cc2)c(C)c1.Cc1cc(C)cc(Oc2c(-c3ccc(C)cc3C)cc(C(C)C)cc2-c2ccc(C)cc2C)c1. The summed E-state index contributed by atoms with van der Waals surface area (Å²) in [6, 6.07) is 37.2. The monoisotopic (exact) mass is 702 g/mol. The lowest BCUT2D eigenvalue weighted by Gasteiger charge is -2.22. The van der Waals surface area contributed by atoms with Crippen molar-refractivity contribution in [3.8, 4) is 45.3 Å². The van der Waals surface area contributed by atoms with Crippen molar-refractivity contribution in [3.05, 3.63) is 164 Å². The maximum Gasteiger partial charge on any atom is 0.143 e. The Morgan fingerprint density at radius 3 is 1.17 bits per heavy atom. The average molecular weight is 703 g/mol. The lowest BCUT2D eigenvalue weighted by atomic mass is 9.87. The van der Waals surface area contributed by atoms with Gasteiger partial charge in [-0.05, 0) is 166 Å². The molecule has 0 aliphatic rings. The van der Waals surface area contributed by atoms with E-state index < -0.39 is 0 Å².